The van der Waals surface area contributed by atoms with E-state index in [1.165, 1.54) is 6.20 Å². The number of pyridine rings is 1. The van der Waals surface area contributed by atoms with Gasteiger partial charge in [0.25, 0.3) is 0 Å². The summed E-state index contributed by atoms with van der Waals surface area (Å²) in [6, 6.07) is 1.10. The molecule has 0 saturated heterocycles. The third-order valence-electron chi connectivity index (χ3n) is 2.76. The van der Waals surface area contributed by atoms with Crippen LogP contribution in [0.25, 0.3) is 0 Å². The number of nitrogens with one attached hydrogen (secondary N) is 1. The predicted molar refractivity (Wildman–Crippen MR) is 58.4 cm³/mol. The lowest BCUT2D eigenvalue weighted by molar-refractivity contribution is 0.0692. The van der Waals surface area contributed by atoms with Crippen molar-refractivity contribution >= 4 is 11.8 Å². The number of anilines is 1. The smallest absolute Gasteiger partial charge is 0.338 e. The number of hydrogen-bond acceptors (Lipinski definition) is 4. The topological polar surface area (TPSA) is 82.5 Å². The Morgan fingerprint density at radius 1 is 1.65 bits per heavy atom. The van der Waals surface area contributed by atoms with Crippen LogP contribution in [0.5, 0.6) is 0 Å². The van der Waals surface area contributed by atoms with Crippen molar-refractivity contribution in [2.24, 2.45) is 5.92 Å². The van der Waals surface area contributed by atoms with Crippen LogP contribution >= 0.6 is 0 Å². The fourth-order valence-corrected chi connectivity index (χ4v) is 1.58. The molecule has 1 aliphatic rings. The first kappa shape index (κ1) is 11.8. The number of rotatable bonds is 5. The SMILES string of the molecule is O=C(O)c1ccnc(NCC(O)C2CC2)c1F. The van der Waals surface area contributed by atoms with Gasteiger partial charge in [0.15, 0.2) is 11.6 Å². The number of aromatic nitrogens is 1. The van der Waals surface area contributed by atoms with E-state index < -0.39 is 23.5 Å². The standard InChI is InChI=1S/C11H13FN2O3/c12-9-7(11(16)17)3-4-13-10(9)14-5-8(15)6-1-2-6/h3-4,6,8,15H,1-2,5H2,(H,13,14)(H,16,17). The van der Waals surface area contributed by atoms with Gasteiger partial charge >= 0.3 is 5.97 Å². The van der Waals surface area contributed by atoms with Gasteiger partial charge in [-0.25, -0.2) is 14.2 Å². The highest BCUT2D eigenvalue weighted by Crippen LogP contribution is 2.32. The summed E-state index contributed by atoms with van der Waals surface area (Å²) < 4.78 is 13.6. The molecule has 0 aromatic carbocycles. The first-order valence-corrected chi connectivity index (χ1v) is 5.39. The molecule has 3 N–H and O–H groups in total. The second kappa shape index (κ2) is 4.67. The van der Waals surface area contributed by atoms with E-state index in [9.17, 15) is 14.3 Å². The first-order chi connectivity index (χ1) is 8.09. The Bertz CT molecular complexity index is 435. The number of carboxylic acids is 1. The molecule has 1 fully saturated rings. The van der Waals surface area contributed by atoms with Crippen molar-refractivity contribution in [3.63, 3.8) is 0 Å². The Morgan fingerprint density at radius 3 is 2.94 bits per heavy atom. The number of halogens is 1. The summed E-state index contributed by atoms with van der Waals surface area (Å²) in [5, 5.41) is 20.9. The Hall–Kier alpha value is -1.69. The molecule has 0 spiro atoms. The van der Waals surface area contributed by atoms with Crippen LogP contribution in [0.1, 0.15) is 23.2 Å². The number of aromatic carboxylic acids is 1. The van der Waals surface area contributed by atoms with Crippen molar-refractivity contribution in [3.8, 4) is 0 Å². The molecular formula is C11H13FN2O3. The summed E-state index contributed by atoms with van der Waals surface area (Å²) in [6.45, 7) is 0.178. The Labute approximate surface area is 97.3 Å². The Balaban J connectivity index is 2.04. The van der Waals surface area contributed by atoms with Crippen molar-refractivity contribution < 1.29 is 19.4 Å². The number of aliphatic hydroxyl groups is 1. The summed E-state index contributed by atoms with van der Waals surface area (Å²) in [7, 11) is 0. The normalized spacial score (nSPS) is 16.6. The minimum Gasteiger partial charge on any atom is -0.478 e. The fourth-order valence-electron chi connectivity index (χ4n) is 1.58. The molecule has 0 radical (unpaired) electrons. The molecule has 1 aliphatic carbocycles. The van der Waals surface area contributed by atoms with Crippen LogP contribution in [0.15, 0.2) is 12.3 Å². The van der Waals surface area contributed by atoms with Gasteiger partial charge < -0.3 is 15.5 Å². The van der Waals surface area contributed by atoms with E-state index in [0.29, 0.717) is 0 Å². The minimum absolute atomic E-state index is 0.135. The molecule has 1 unspecified atom stereocenters. The van der Waals surface area contributed by atoms with Gasteiger partial charge in [0, 0.05) is 12.7 Å². The molecule has 0 bridgehead atoms. The summed E-state index contributed by atoms with van der Waals surface area (Å²) in [6.07, 6.45) is 2.64. The van der Waals surface area contributed by atoms with Crippen LogP contribution in [-0.4, -0.2) is 33.8 Å². The van der Waals surface area contributed by atoms with E-state index in [0.717, 1.165) is 18.9 Å². The number of carboxylic acid groups (broad SMARTS) is 1. The monoisotopic (exact) mass is 240 g/mol. The lowest BCUT2D eigenvalue weighted by atomic mass is 10.2. The number of aliphatic hydroxyl groups excluding tert-OH is 1. The average Bonchev–Trinajstić information content (AvgIpc) is 3.10. The van der Waals surface area contributed by atoms with E-state index >= 15 is 0 Å². The molecule has 92 valence electrons. The molecule has 6 heteroatoms. The molecule has 1 heterocycles. The van der Waals surface area contributed by atoms with E-state index in [1.807, 2.05) is 0 Å². The van der Waals surface area contributed by atoms with E-state index in [-0.39, 0.29) is 18.3 Å². The van der Waals surface area contributed by atoms with Gasteiger partial charge in [0.2, 0.25) is 0 Å². The third-order valence-corrected chi connectivity index (χ3v) is 2.76. The van der Waals surface area contributed by atoms with E-state index in [4.69, 9.17) is 5.11 Å². The second-order valence-corrected chi connectivity index (χ2v) is 4.11. The third kappa shape index (κ3) is 2.71. The van der Waals surface area contributed by atoms with Gasteiger partial charge in [-0.15, -0.1) is 0 Å². The maximum Gasteiger partial charge on any atom is 0.338 e. The molecular weight excluding hydrogens is 227 g/mol. The van der Waals surface area contributed by atoms with E-state index in [2.05, 4.69) is 10.3 Å². The molecule has 1 aromatic heterocycles. The number of carbonyl (C=O) groups is 1. The molecule has 17 heavy (non-hydrogen) atoms. The largest absolute Gasteiger partial charge is 0.478 e. The zero-order valence-corrected chi connectivity index (χ0v) is 9.06. The van der Waals surface area contributed by atoms with E-state index in [1.54, 1.807) is 0 Å². The van der Waals surface area contributed by atoms with Crippen molar-refractivity contribution in [1.82, 2.24) is 4.98 Å². The highest BCUT2D eigenvalue weighted by molar-refractivity contribution is 5.88. The molecule has 1 aromatic rings. The predicted octanol–water partition coefficient (Wildman–Crippen LogP) is 1.10. The summed E-state index contributed by atoms with van der Waals surface area (Å²) >= 11 is 0. The average molecular weight is 240 g/mol. The van der Waals surface area contributed by atoms with Gasteiger partial charge in [-0.05, 0) is 24.8 Å². The van der Waals surface area contributed by atoms with Crippen LogP contribution in [-0.2, 0) is 0 Å². The maximum atomic E-state index is 13.6. The van der Waals surface area contributed by atoms with Crippen LogP contribution in [0, 0.1) is 11.7 Å². The van der Waals surface area contributed by atoms with Crippen LogP contribution in [0.2, 0.25) is 0 Å². The molecule has 0 aliphatic heterocycles. The van der Waals surface area contributed by atoms with Crippen molar-refractivity contribution in [2.75, 3.05) is 11.9 Å². The minimum atomic E-state index is -1.34. The fraction of sp³-hybridized carbons (Fsp3) is 0.455. The van der Waals surface area contributed by atoms with Gasteiger partial charge in [-0.3, -0.25) is 0 Å². The van der Waals surface area contributed by atoms with Gasteiger partial charge in [0.1, 0.15) is 5.56 Å². The zero-order chi connectivity index (χ0) is 12.4. The van der Waals surface area contributed by atoms with Crippen LogP contribution in [0.3, 0.4) is 0 Å². The highest BCUT2D eigenvalue weighted by Gasteiger charge is 2.29. The lowest BCUT2D eigenvalue weighted by Crippen LogP contribution is -2.22. The molecule has 5 nitrogen and oxygen atoms in total. The zero-order valence-electron chi connectivity index (χ0n) is 9.06. The van der Waals surface area contributed by atoms with Gasteiger partial charge in [-0.1, -0.05) is 0 Å². The Morgan fingerprint density at radius 2 is 2.35 bits per heavy atom. The van der Waals surface area contributed by atoms with Crippen molar-refractivity contribution in [3.05, 3.63) is 23.6 Å². The molecule has 2 rings (SSSR count). The molecule has 0 amide bonds. The number of nitrogens with zero attached hydrogens (tertiary/aromatic N) is 1. The Kier molecular flexibility index (Phi) is 3.23. The van der Waals surface area contributed by atoms with Crippen LogP contribution in [0.4, 0.5) is 10.2 Å². The van der Waals surface area contributed by atoms with Crippen molar-refractivity contribution in [1.29, 1.82) is 0 Å². The molecule has 1 atom stereocenters. The van der Waals surface area contributed by atoms with Crippen LogP contribution < -0.4 is 5.32 Å². The van der Waals surface area contributed by atoms with Crippen molar-refractivity contribution in [2.45, 2.75) is 18.9 Å². The highest BCUT2D eigenvalue weighted by atomic mass is 19.1. The summed E-state index contributed by atoms with van der Waals surface area (Å²) in [4.78, 5) is 14.4. The number of hydrogen-bond donors (Lipinski definition) is 3. The van der Waals surface area contributed by atoms with Gasteiger partial charge in [-0.2, -0.15) is 0 Å². The maximum absolute atomic E-state index is 13.6. The summed E-state index contributed by atoms with van der Waals surface area (Å²) in [5.41, 5.74) is -0.427. The first-order valence-electron chi connectivity index (χ1n) is 5.39. The van der Waals surface area contributed by atoms with Gasteiger partial charge in [0.05, 0.1) is 6.10 Å². The quantitative estimate of drug-likeness (QED) is 0.718. The lowest BCUT2D eigenvalue weighted by Gasteiger charge is -2.12. The summed E-state index contributed by atoms with van der Waals surface area (Å²) in [5.74, 6) is -2.10. The molecule has 1 saturated carbocycles. The second-order valence-electron chi connectivity index (χ2n) is 4.11.